The molecule has 1 N–H and O–H groups in total. The van der Waals surface area contributed by atoms with Crippen LogP contribution in [-0.2, 0) is 6.54 Å². The van der Waals surface area contributed by atoms with Crippen molar-refractivity contribution in [3.05, 3.63) is 65.4 Å². The minimum Gasteiger partial charge on any atom is -0.476 e. The van der Waals surface area contributed by atoms with Crippen LogP contribution >= 0.6 is 0 Å². The topological polar surface area (TPSA) is 55.1 Å². The van der Waals surface area contributed by atoms with Crippen molar-refractivity contribution in [2.45, 2.75) is 6.54 Å². The number of para-hydroxylation sites is 1. The van der Waals surface area contributed by atoms with Crippen molar-refractivity contribution in [2.24, 2.45) is 0 Å². The van der Waals surface area contributed by atoms with Gasteiger partial charge in [0.15, 0.2) is 5.69 Å². The van der Waals surface area contributed by atoms with Gasteiger partial charge in [-0.05, 0) is 23.8 Å². The first-order valence-corrected chi connectivity index (χ1v) is 6.18. The lowest BCUT2D eigenvalue weighted by atomic mass is 10.2. The summed E-state index contributed by atoms with van der Waals surface area (Å²) in [6.07, 6.45) is 0. The number of halogens is 2. The van der Waals surface area contributed by atoms with E-state index in [9.17, 15) is 13.6 Å². The standard InChI is InChI=1S/C15H10F2N2O2/c16-10-5-9(6-11(17)7-10)8-19-13-4-2-1-3-12(13)14(18-19)15(20)21/h1-7H,8H2,(H,20,21). The molecular weight excluding hydrogens is 278 g/mol. The van der Waals surface area contributed by atoms with Gasteiger partial charge in [0.2, 0.25) is 0 Å². The van der Waals surface area contributed by atoms with Gasteiger partial charge in [-0.25, -0.2) is 13.6 Å². The van der Waals surface area contributed by atoms with Crippen molar-refractivity contribution in [3.8, 4) is 0 Å². The number of nitrogens with zero attached hydrogens (tertiary/aromatic N) is 2. The molecular formula is C15H10F2N2O2. The predicted octanol–water partition coefficient (Wildman–Crippen LogP) is 3.06. The summed E-state index contributed by atoms with van der Waals surface area (Å²) in [5.41, 5.74) is 0.889. The monoisotopic (exact) mass is 288 g/mol. The third kappa shape index (κ3) is 2.47. The Hall–Kier alpha value is -2.76. The van der Waals surface area contributed by atoms with Crippen LogP contribution in [0.4, 0.5) is 8.78 Å². The Morgan fingerprint density at radius 2 is 1.81 bits per heavy atom. The number of rotatable bonds is 3. The second-order valence-corrected chi connectivity index (χ2v) is 4.61. The van der Waals surface area contributed by atoms with Crippen LogP contribution in [0.25, 0.3) is 10.9 Å². The lowest BCUT2D eigenvalue weighted by Gasteiger charge is -2.04. The highest BCUT2D eigenvalue weighted by molar-refractivity contribution is 6.01. The summed E-state index contributed by atoms with van der Waals surface area (Å²) in [6.45, 7) is 0.0858. The number of hydrogen-bond acceptors (Lipinski definition) is 2. The Labute approximate surface area is 118 Å². The molecule has 0 atom stereocenters. The summed E-state index contributed by atoms with van der Waals surface area (Å²) in [6, 6.07) is 9.99. The van der Waals surface area contributed by atoms with E-state index in [0.717, 1.165) is 6.07 Å². The molecule has 1 heterocycles. The van der Waals surface area contributed by atoms with Gasteiger partial charge in [0.05, 0.1) is 12.1 Å². The maximum atomic E-state index is 13.2. The SMILES string of the molecule is O=C(O)c1nn(Cc2cc(F)cc(F)c2)c2ccccc12. The van der Waals surface area contributed by atoms with Gasteiger partial charge >= 0.3 is 5.97 Å². The van der Waals surface area contributed by atoms with Gasteiger partial charge in [-0.1, -0.05) is 18.2 Å². The van der Waals surface area contributed by atoms with E-state index in [0.29, 0.717) is 16.5 Å². The maximum Gasteiger partial charge on any atom is 0.357 e. The Bertz CT molecular complexity index is 823. The number of carboxylic acid groups (broad SMARTS) is 1. The predicted molar refractivity (Wildman–Crippen MR) is 72.2 cm³/mol. The van der Waals surface area contributed by atoms with Crippen LogP contribution in [0.1, 0.15) is 16.1 Å². The molecule has 3 rings (SSSR count). The molecule has 0 aliphatic carbocycles. The lowest BCUT2D eigenvalue weighted by molar-refractivity contribution is 0.0691. The molecule has 1 aromatic heterocycles. The van der Waals surface area contributed by atoms with Crippen LogP contribution < -0.4 is 0 Å². The van der Waals surface area contributed by atoms with Crippen molar-refractivity contribution in [1.82, 2.24) is 9.78 Å². The Kier molecular flexibility index (Phi) is 3.13. The van der Waals surface area contributed by atoms with E-state index in [1.54, 1.807) is 24.3 Å². The van der Waals surface area contributed by atoms with E-state index in [1.807, 2.05) is 0 Å². The van der Waals surface area contributed by atoms with Gasteiger partial charge in [0, 0.05) is 11.5 Å². The highest BCUT2D eigenvalue weighted by Gasteiger charge is 2.16. The van der Waals surface area contributed by atoms with Gasteiger partial charge in [-0.2, -0.15) is 5.10 Å². The molecule has 4 nitrogen and oxygen atoms in total. The summed E-state index contributed by atoms with van der Waals surface area (Å²) in [5, 5.41) is 13.7. The van der Waals surface area contributed by atoms with E-state index in [4.69, 9.17) is 5.11 Å². The molecule has 3 aromatic rings. The normalized spacial score (nSPS) is 11.0. The fraction of sp³-hybridized carbons (Fsp3) is 0.0667. The fourth-order valence-corrected chi connectivity index (χ4v) is 2.28. The van der Waals surface area contributed by atoms with Gasteiger partial charge in [0.25, 0.3) is 0 Å². The number of fused-ring (bicyclic) bond motifs is 1. The zero-order valence-corrected chi connectivity index (χ0v) is 10.8. The zero-order chi connectivity index (χ0) is 15.0. The van der Waals surface area contributed by atoms with Crippen LogP contribution in [0.2, 0.25) is 0 Å². The summed E-state index contributed by atoms with van der Waals surface area (Å²) < 4.78 is 27.9. The molecule has 0 aliphatic heterocycles. The van der Waals surface area contributed by atoms with Crippen molar-refractivity contribution < 1.29 is 18.7 Å². The van der Waals surface area contributed by atoms with E-state index in [-0.39, 0.29) is 12.2 Å². The smallest absolute Gasteiger partial charge is 0.357 e. The number of carbonyl (C=O) groups is 1. The molecule has 0 saturated heterocycles. The highest BCUT2D eigenvalue weighted by atomic mass is 19.1. The summed E-state index contributed by atoms with van der Waals surface area (Å²) in [7, 11) is 0. The first-order chi connectivity index (χ1) is 10.0. The van der Waals surface area contributed by atoms with Crippen LogP contribution in [0.5, 0.6) is 0 Å². The molecule has 0 spiro atoms. The zero-order valence-electron chi connectivity index (χ0n) is 10.8. The van der Waals surface area contributed by atoms with E-state index in [1.165, 1.54) is 16.8 Å². The molecule has 0 bridgehead atoms. The number of benzene rings is 2. The van der Waals surface area contributed by atoms with Crippen LogP contribution in [0.3, 0.4) is 0 Å². The molecule has 21 heavy (non-hydrogen) atoms. The minimum absolute atomic E-state index is 0.0810. The average molecular weight is 288 g/mol. The van der Waals surface area contributed by atoms with Crippen molar-refractivity contribution in [3.63, 3.8) is 0 Å². The van der Waals surface area contributed by atoms with Crippen LogP contribution in [0, 0.1) is 11.6 Å². The maximum absolute atomic E-state index is 13.2. The first kappa shape index (κ1) is 13.2. The van der Waals surface area contributed by atoms with Gasteiger partial charge in [0.1, 0.15) is 11.6 Å². The Morgan fingerprint density at radius 1 is 1.14 bits per heavy atom. The number of aromatic nitrogens is 2. The van der Waals surface area contributed by atoms with Crippen molar-refractivity contribution in [2.75, 3.05) is 0 Å². The average Bonchev–Trinajstić information content (AvgIpc) is 2.77. The third-order valence-electron chi connectivity index (χ3n) is 3.12. The molecule has 6 heteroatoms. The molecule has 0 unspecified atom stereocenters. The van der Waals surface area contributed by atoms with E-state index >= 15 is 0 Å². The second-order valence-electron chi connectivity index (χ2n) is 4.61. The summed E-state index contributed by atoms with van der Waals surface area (Å²) >= 11 is 0. The summed E-state index contributed by atoms with van der Waals surface area (Å²) in [5.74, 6) is -2.50. The fourth-order valence-electron chi connectivity index (χ4n) is 2.28. The lowest BCUT2D eigenvalue weighted by Crippen LogP contribution is -2.05. The molecule has 2 aromatic carbocycles. The molecule has 106 valence electrons. The van der Waals surface area contributed by atoms with Crippen LogP contribution in [0.15, 0.2) is 42.5 Å². The van der Waals surface area contributed by atoms with E-state index < -0.39 is 17.6 Å². The third-order valence-corrected chi connectivity index (χ3v) is 3.12. The quantitative estimate of drug-likeness (QED) is 0.806. The highest BCUT2D eigenvalue weighted by Crippen LogP contribution is 2.20. The first-order valence-electron chi connectivity index (χ1n) is 6.18. The molecule has 0 fully saturated rings. The minimum atomic E-state index is -1.14. The van der Waals surface area contributed by atoms with Gasteiger partial charge < -0.3 is 5.11 Å². The van der Waals surface area contributed by atoms with Gasteiger partial charge in [-0.15, -0.1) is 0 Å². The molecule has 0 aliphatic rings. The van der Waals surface area contributed by atoms with Gasteiger partial charge in [-0.3, -0.25) is 4.68 Å². The largest absolute Gasteiger partial charge is 0.476 e. The Morgan fingerprint density at radius 3 is 2.48 bits per heavy atom. The number of hydrogen-bond donors (Lipinski definition) is 1. The molecule has 0 saturated carbocycles. The molecule has 0 radical (unpaired) electrons. The van der Waals surface area contributed by atoms with Crippen molar-refractivity contribution in [1.29, 1.82) is 0 Å². The van der Waals surface area contributed by atoms with E-state index in [2.05, 4.69) is 5.10 Å². The Balaban J connectivity index is 2.10. The van der Waals surface area contributed by atoms with Crippen LogP contribution in [-0.4, -0.2) is 20.9 Å². The van der Waals surface area contributed by atoms with Crippen molar-refractivity contribution >= 4 is 16.9 Å². The molecule has 0 amide bonds. The number of aromatic carboxylic acids is 1. The number of carboxylic acids is 1. The second kappa shape index (κ2) is 4.97. The summed E-state index contributed by atoms with van der Waals surface area (Å²) in [4.78, 5) is 11.2.